The third-order valence-electron chi connectivity index (χ3n) is 5.90. The van der Waals surface area contributed by atoms with Crippen molar-refractivity contribution in [3.8, 4) is 11.1 Å². The number of carbonyl (C=O) groups excluding carboxylic acids is 1. The summed E-state index contributed by atoms with van der Waals surface area (Å²) in [5.41, 5.74) is 6.06. The van der Waals surface area contributed by atoms with Crippen LogP contribution in [0.25, 0.3) is 22.1 Å². The highest BCUT2D eigenvalue weighted by Crippen LogP contribution is 2.29. The van der Waals surface area contributed by atoms with Crippen LogP contribution < -0.4 is 10.2 Å². The predicted octanol–water partition coefficient (Wildman–Crippen LogP) is 5.36. The van der Waals surface area contributed by atoms with Crippen molar-refractivity contribution in [3.05, 3.63) is 71.5 Å². The van der Waals surface area contributed by atoms with Gasteiger partial charge in [0.15, 0.2) is 5.58 Å². The number of fused-ring (bicyclic) bond motifs is 1. The summed E-state index contributed by atoms with van der Waals surface area (Å²) in [6.07, 6.45) is 4.12. The second-order valence-electron chi connectivity index (χ2n) is 8.06. The summed E-state index contributed by atoms with van der Waals surface area (Å²) >= 11 is 0. The monoisotopic (exact) mass is 412 g/mol. The summed E-state index contributed by atoms with van der Waals surface area (Å²) in [6, 6.07) is 15.6. The van der Waals surface area contributed by atoms with Crippen LogP contribution in [-0.4, -0.2) is 29.1 Å². The van der Waals surface area contributed by atoms with Crippen molar-refractivity contribution in [1.29, 1.82) is 0 Å². The van der Waals surface area contributed by atoms with Crippen molar-refractivity contribution < 1.29 is 9.32 Å². The molecule has 5 rings (SSSR count). The maximum Gasteiger partial charge on any atom is 0.255 e. The fourth-order valence-electron chi connectivity index (χ4n) is 4.12. The third-order valence-corrected chi connectivity index (χ3v) is 5.90. The van der Waals surface area contributed by atoms with Crippen LogP contribution in [0.15, 0.2) is 59.3 Å². The number of aryl methyl sites for hydroxylation is 2. The zero-order chi connectivity index (χ0) is 21.4. The molecule has 1 aliphatic rings. The van der Waals surface area contributed by atoms with Gasteiger partial charge in [-0.3, -0.25) is 4.79 Å². The molecule has 0 atom stereocenters. The minimum Gasteiger partial charge on any atom is -0.357 e. The van der Waals surface area contributed by atoms with E-state index in [1.807, 2.05) is 62.4 Å². The Balaban J connectivity index is 1.41. The number of nitrogens with zero attached hydrogens (tertiary/aromatic N) is 3. The van der Waals surface area contributed by atoms with Gasteiger partial charge in [0.05, 0.1) is 5.69 Å². The Kier molecular flexibility index (Phi) is 4.90. The van der Waals surface area contributed by atoms with Crippen LogP contribution in [0, 0.1) is 13.8 Å². The highest BCUT2D eigenvalue weighted by molar-refractivity contribution is 6.05. The topological polar surface area (TPSA) is 71.3 Å². The maximum atomic E-state index is 13.0. The molecule has 6 nitrogen and oxygen atoms in total. The summed E-state index contributed by atoms with van der Waals surface area (Å²) < 4.78 is 5.42. The fraction of sp³-hybridized carbons (Fsp3) is 0.240. The summed E-state index contributed by atoms with van der Waals surface area (Å²) in [6.45, 7) is 6.00. The van der Waals surface area contributed by atoms with Gasteiger partial charge in [-0.1, -0.05) is 17.3 Å². The van der Waals surface area contributed by atoms with Gasteiger partial charge in [0.1, 0.15) is 5.82 Å². The number of benzene rings is 2. The van der Waals surface area contributed by atoms with Crippen molar-refractivity contribution in [1.82, 2.24) is 10.1 Å². The lowest BCUT2D eigenvalue weighted by atomic mass is 9.97. The van der Waals surface area contributed by atoms with Gasteiger partial charge in [0, 0.05) is 42.0 Å². The quantitative estimate of drug-likeness (QED) is 0.489. The van der Waals surface area contributed by atoms with Crippen molar-refractivity contribution in [2.24, 2.45) is 0 Å². The Labute approximate surface area is 180 Å². The number of hydrogen-bond donors (Lipinski definition) is 1. The molecule has 2 aromatic heterocycles. The molecule has 4 aromatic rings. The van der Waals surface area contributed by atoms with Crippen molar-refractivity contribution in [2.75, 3.05) is 23.3 Å². The molecule has 0 unspecified atom stereocenters. The Morgan fingerprint density at radius 2 is 1.87 bits per heavy atom. The molecule has 2 aromatic carbocycles. The standard InChI is InChI=1S/C25H24N4O2/c1-16-5-6-19(13-22(16)18-7-8-21-17(2)28-31-23(21)14-18)25(30)27-20-9-10-26-24(15-20)29-11-3-4-12-29/h5-10,13-15H,3-4,11-12H2,1-2H3,(H,26,27,30). The predicted molar refractivity (Wildman–Crippen MR) is 123 cm³/mol. The van der Waals surface area contributed by atoms with E-state index in [0.717, 1.165) is 57.9 Å². The molecule has 6 heteroatoms. The second kappa shape index (κ2) is 7.87. The molecule has 156 valence electrons. The summed E-state index contributed by atoms with van der Waals surface area (Å²) in [5, 5.41) is 8.05. The number of carbonyl (C=O) groups is 1. The molecule has 3 heterocycles. The molecule has 1 amide bonds. The van der Waals surface area contributed by atoms with Gasteiger partial charge >= 0.3 is 0 Å². The number of amides is 1. The van der Waals surface area contributed by atoms with E-state index in [-0.39, 0.29) is 5.91 Å². The van der Waals surface area contributed by atoms with Gasteiger partial charge in [0.2, 0.25) is 0 Å². The van der Waals surface area contributed by atoms with E-state index in [0.29, 0.717) is 5.56 Å². The number of pyridine rings is 1. The first-order chi connectivity index (χ1) is 15.1. The molecule has 0 aliphatic carbocycles. The lowest BCUT2D eigenvalue weighted by molar-refractivity contribution is 0.102. The molecule has 0 spiro atoms. The number of aromatic nitrogens is 2. The molecule has 31 heavy (non-hydrogen) atoms. The van der Waals surface area contributed by atoms with E-state index >= 15 is 0 Å². The molecule has 0 bridgehead atoms. The highest BCUT2D eigenvalue weighted by Gasteiger charge is 2.15. The lowest BCUT2D eigenvalue weighted by Crippen LogP contribution is -2.19. The molecule has 1 aliphatic heterocycles. The normalized spacial score (nSPS) is 13.7. The number of anilines is 2. The highest BCUT2D eigenvalue weighted by atomic mass is 16.5. The Hall–Kier alpha value is -3.67. The fourth-order valence-corrected chi connectivity index (χ4v) is 4.12. The summed E-state index contributed by atoms with van der Waals surface area (Å²) in [5.74, 6) is 0.770. The first-order valence-electron chi connectivity index (χ1n) is 10.6. The second-order valence-corrected chi connectivity index (χ2v) is 8.06. The van der Waals surface area contributed by atoms with Crippen LogP contribution in [-0.2, 0) is 0 Å². The number of rotatable bonds is 4. The smallest absolute Gasteiger partial charge is 0.255 e. The van der Waals surface area contributed by atoms with E-state index in [2.05, 4.69) is 20.4 Å². The van der Waals surface area contributed by atoms with Crippen molar-refractivity contribution in [3.63, 3.8) is 0 Å². The van der Waals surface area contributed by atoms with Gasteiger partial charge in [-0.05, 0) is 73.7 Å². The van der Waals surface area contributed by atoms with Crippen LogP contribution in [0.3, 0.4) is 0 Å². The Morgan fingerprint density at radius 1 is 1.03 bits per heavy atom. The van der Waals surface area contributed by atoms with Gasteiger partial charge in [0.25, 0.3) is 5.91 Å². The molecular weight excluding hydrogens is 388 g/mol. The van der Waals surface area contributed by atoms with Gasteiger partial charge in [-0.25, -0.2) is 4.98 Å². The van der Waals surface area contributed by atoms with Gasteiger partial charge in [-0.15, -0.1) is 0 Å². The van der Waals surface area contributed by atoms with E-state index in [9.17, 15) is 4.79 Å². The average molecular weight is 412 g/mol. The van der Waals surface area contributed by atoms with Gasteiger partial charge in [-0.2, -0.15) is 0 Å². The first kappa shape index (κ1) is 19.3. The van der Waals surface area contributed by atoms with Crippen LogP contribution in [0.1, 0.15) is 34.5 Å². The van der Waals surface area contributed by atoms with Crippen LogP contribution >= 0.6 is 0 Å². The molecular formula is C25H24N4O2. The summed E-state index contributed by atoms with van der Waals surface area (Å²) in [4.78, 5) is 19.7. The zero-order valence-electron chi connectivity index (χ0n) is 17.7. The van der Waals surface area contributed by atoms with E-state index in [4.69, 9.17) is 4.52 Å². The van der Waals surface area contributed by atoms with E-state index < -0.39 is 0 Å². The summed E-state index contributed by atoms with van der Waals surface area (Å²) in [7, 11) is 0. The van der Waals surface area contributed by atoms with Crippen LogP contribution in [0.2, 0.25) is 0 Å². The lowest BCUT2D eigenvalue weighted by Gasteiger charge is -2.17. The zero-order valence-corrected chi connectivity index (χ0v) is 17.7. The molecule has 1 fully saturated rings. The molecule has 1 saturated heterocycles. The molecule has 0 radical (unpaired) electrons. The minimum absolute atomic E-state index is 0.142. The van der Waals surface area contributed by atoms with Crippen molar-refractivity contribution in [2.45, 2.75) is 26.7 Å². The molecule has 0 saturated carbocycles. The average Bonchev–Trinajstić information content (AvgIpc) is 3.44. The van der Waals surface area contributed by atoms with Crippen molar-refractivity contribution >= 4 is 28.4 Å². The molecule has 1 N–H and O–H groups in total. The SMILES string of the molecule is Cc1ccc(C(=O)Nc2ccnc(N3CCCC3)c2)cc1-c1ccc2c(C)noc2c1. The minimum atomic E-state index is -0.142. The van der Waals surface area contributed by atoms with Crippen LogP contribution in [0.5, 0.6) is 0 Å². The largest absolute Gasteiger partial charge is 0.357 e. The Morgan fingerprint density at radius 3 is 2.71 bits per heavy atom. The van der Waals surface area contributed by atoms with Crippen LogP contribution in [0.4, 0.5) is 11.5 Å². The first-order valence-corrected chi connectivity index (χ1v) is 10.6. The number of nitrogens with one attached hydrogen (secondary N) is 1. The maximum absolute atomic E-state index is 13.0. The van der Waals surface area contributed by atoms with Gasteiger partial charge < -0.3 is 14.7 Å². The van der Waals surface area contributed by atoms with E-state index in [1.165, 1.54) is 12.8 Å². The van der Waals surface area contributed by atoms with E-state index in [1.54, 1.807) is 6.20 Å². The third kappa shape index (κ3) is 3.77. The Bertz CT molecular complexity index is 1270. The number of hydrogen-bond acceptors (Lipinski definition) is 5.